The van der Waals surface area contributed by atoms with Crippen molar-refractivity contribution < 1.29 is 0 Å². The maximum Gasteiger partial charge on any atom is 0.0658 e. The summed E-state index contributed by atoms with van der Waals surface area (Å²) in [7, 11) is 0. The largest absolute Gasteiger partial charge is 0.304 e. The third kappa shape index (κ3) is 3.70. The fraction of sp³-hybridized carbons (Fsp3) is 0.714. The Labute approximate surface area is 51.5 Å². The predicted molar refractivity (Wildman–Crippen MR) is 36.6 cm³/mol. The second kappa shape index (κ2) is 4.67. The number of hydrogen-bond donors (Lipinski definition) is 1. The molecule has 0 rings (SSSR count). The molecule has 0 aliphatic carbocycles. The van der Waals surface area contributed by atoms with Gasteiger partial charge in [-0.2, -0.15) is 0 Å². The lowest BCUT2D eigenvalue weighted by Crippen LogP contribution is -2.24. The predicted octanol–water partition coefficient (Wildman–Crippen LogP) is 1.01. The van der Waals surface area contributed by atoms with Crippen LogP contribution in [0.15, 0.2) is 0 Å². The van der Waals surface area contributed by atoms with Crippen molar-refractivity contribution in [2.45, 2.75) is 26.3 Å². The van der Waals surface area contributed by atoms with E-state index in [4.69, 9.17) is 6.42 Å². The molecule has 0 aliphatic heterocycles. The van der Waals surface area contributed by atoms with E-state index in [9.17, 15) is 0 Å². The molecule has 8 heavy (non-hydrogen) atoms. The van der Waals surface area contributed by atoms with Gasteiger partial charge in [-0.15, -0.1) is 6.42 Å². The summed E-state index contributed by atoms with van der Waals surface area (Å²) < 4.78 is 0. The summed E-state index contributed by atoms with van der Waals surface area (Å²) in [5, 5.41) is 3.15. The Bertz CT molecular complexity index is 80.9. The van der Waals surface area contributed by atoms with Crippen molar-refractivity contribution in [1.82, 2.24) is 5.32 Å². The fourth-order valence-corrected chi connectivity index (χ4v) is 0.420. The molecule has 0 fully saturated rings. The number of nitrogens with one attached hydrogen (secondary N) is 1. The lowest BCUT2D eigenvalue weighted by molar-refractivity contribution is 0.637. The van der Waals surface area contributed by atoms with Crippen molar-refractivity contribution >= 4 is 0 Å². The van der Waals surface area contributed by atoms with Gasteiger partial charge in [0.2, 0.25) is 0 Å². The Morgan fingerprint density at radius 1 is 1.75 bits per heavy atom. The number of hydrogen-bond acceptors (Lipinski definition) is 1. The molecular weight excluding hydrogens is 98.1 g/mol. The third-order valence-electron chi connectivity index (χ3n) is 0.951. The molecule has 0 heterocycles. The lowest BCUT2D eigenvalue weighted by atomic mass is 10.3. The smallest absolute Gasteiger partial charge is 0.0658 e. The Balaban J connectivity index is 3.02. The van der Waals surface area contributed by atoms with Crippen molar-refractivity contribution in [3.63, 3.8) is 0 Å². The van der Waals surface area contributed by atoms with E-state index in [0.717, 1.165) is 13.0 Å². The molecule has 46 valence electrons. The molecule has 0 saturated carbocycles. The standard InChI is InChI=1S/C7H13N/c1-4-6-8-7(3)5-2/h2,7-8H,4,6H2,1,3H3/t7-/m1/s1. The molecule has 0 aromatic heterocycles. The summed E-state index contributed by atoms with van der Waals surface area (Å²) in [6.07, 6.45) is 6.25. The van der Waals surface area contributed by atoms with Gasteiger partial charge in [0.15, 0.2) is 0 Å². The molecule has 0 aromatic carbocycles. The lowest BCUT2D eigenvalue weighted by Gasteiger charge is -2.03. The van der Waals surface area contributed by atoms with Crippen molar-refractivity contribution in [1.29, 1.82) is 0 Å². The monoisotopic (exact) mass is 111 g/mol. The minimum absolute atomic E-state index is 0.231. The van der Waals surface area contributed by atoms with E-state index < -0.39 is 0 Å². The second-order valence-electron chi connectivity index (χ2n) is 1.84. The van der Waals surface area contributed by atoms with E-state index in [1.165, 1.54) is 0 Å². The first-order chi connectivity index (χ1) is 3.81. The highest BCUT2D eigenvalue weighted by Crippen LogP contribution is 1.76. The first-order valence-corrected chi connectivity index (χ1v) is 3.00. The van der Waals surface area contributed by atoms with Crippen molar-refractivity contribution in [3.8, 4) is 12.3 Å². The molecular formula is C7H13N. The summed E-state index contributed by atoms with van der Waals surface area (Å²) in [6.45, 7) is 5.12. The SMILES string of the molecule is C#C[C@@H](C)NCCC. The zero-order chi connectivity index (χ0) is 6.41. The van der Waals surface area contributed by atoms with Gasteiger partial charge >= 0.3 is 0 Å². The molecule has 0 saturated heterocycles. The van der Waals surface area contributed by atoms with Crippen LogP contribution in [0.25, 0.3) is 0 Å². The Morgan fingerprint density at radius 3 is 2.75 bits per heavy atom. The first kappa shape index (κ1) is 7.52. The average Bonchev–Trinajstić information content (AvgIpc) is 1.83. The van der Waals surface area contributed by atoms with E-state index >= 15 is 0 Å². The summed E-state index contributed by atoms with van der Waals surface area (Å²) in [5.41, 5.74) is 0. The normalized spacial score (nSPS) is 12.6. The van der Waals surface area contributed by atoms with E-state index in [1.807, 2.05) is 6.92 Å². The Hall–Kier alpha value is -0.480. The van der Waals surface area contributed by atoms with Crippen molar-refractivity contribution in [3.05, 3.63) is 0 Å². The van der Waals surface area contributed by atoms with Gasteiger partial charge in [0.25, 0.3) is 0 Å². The van der Waals surface area contributed by atoms with Gasteiger partial charge in [-0.25, -0.2) is 0 Å². The van der Waals surface area contributed by atoms with Crippen molar-refractivity contribution in [2.24, 2.45) is 0 Å². The molecule has 0 radical (unpaired) electrons. The number of terminal acetylenes is 1. The average molecular weight is 111 g/mol. The maximum atomic E-state index is 5.10. The van der Waals surface area contributed by atoms with Crippen LogP contribution in [0, 0.1) is 12.3 Å². The molecule has 1 atom stereocenters. The Morgan fingerprint density at radius 2 is 2.38 bits per heavy atom. The zero-order valence-electron chi connectivity index (χ0n) is 5.57. The molecule has 0 aromatic rings. The van der Waals surface area contributed by atoms with E-state index in [0.29, 0.717) is 0 Å². The molecule has 1 nitrogen and oxygen atoms in total. The molecule has 0 unspecified atom stereocenters. The molecule has 0 aliphatic rings. The van der Waals surface area contributed by atoms with Crippen LogP contribution in [0.1, 0.15) is 20.3 Å². The van der Waals surface area contributed by atoms with Crippen LogP contribution in [0.2, 0.25) is 0 Å². The first-order valence-electron chi connectivity index (χ1n) is 3.00. The summed E-state index contributed by atoms with van der Waals surface area (Å²) in [5.74, 6) is 2.59. The third-order valence-corrected chi connectivity index (χ3v) is 0.951. The topological polar surface area (TPSA) is 12.0 Å². The fourth-order valence-electron chi connectivity index (χ4n) is 0.420. The van der Waals surface area contributed by atoms with Crippen LogP contribution < -0.4 is 5.32 Å². The number of rotatable bonds is 3. The Kier molecular flexibility index (Phi) is 4.39. The highest BCUT2D eigenvalue weighted by atomic mass is 14.9. The van der Waals surface area contributed by atoms with Gasteiger partial charge in [-0.1, -0.05) is 12.8 Å². The maximum absolute atomic E-state index is 5.10. The van der Waals surface area contributed by atoms with E-state index in [-0.39, 0.29) is 6.04 Å². The second-order valence-corrected chi connectivity index (χ2v) is 1.84. The molecule has 1 heteroatoms. The van der Waals surface area contributed by atoms with Crippen LogP contribution in [0.5, 0.6) is 0 Å². The summed E-state index contributed by atoms with van der Waals surface area (Å²) in [4.78, 5) is 0. The van der Waals surface area contributed by atoms with Gasteiger partial charge in [0.05, 0.1) is 6.04 Å². The van der Waals surface area contributed by atoms with E-state index in [1.54, 1.807) is 0 Å². The van der Waals surface area contributed by atoms with Gasteiger partial charge < -0.3 is 5.32 Å². The van der Waals surface area contributed by atoms with Crippen LogP contribution >= 0.6 is 0 Å². The molecule has 1 N–H and O–H groups in total. The van der Waals surface area contributed by atoms with Gasteiger partial charge in [-0.05, 0) is 19.9 Å². The van der Waals surface area contributed by atoms with Crippen LogP contribution in [-0.2, 0) is 0 Å². The highest BCUT2D eigenvalue weighted by Gasteiger charge is 1.89. The van der Waals surface area contributed by atoms with Gasteiger partial charge in [0, 0.05) is 0 Å². The van der Waals surface area contributed by atoms with Gasteiger partial charge in [0.1, 0.15) is 0 Å². The quantitative estimate of drug-likeness (QED) is 0.536. The van der Waals surface area contributed by atoms with Crippen molar-refractivity contribution in [2.75, 3.05) is 6.54 Å². The summed E-state index contributed by atoms with van der Waals surface area (Å²) in [6, 6.07) is 0.231. The molecule has 0 amide bonds. The molecule has 0 spiro atoms. The van der Waals surface area contributed by atoms with Crippen LogP contribution in [0.3, 0.4) is 0 Å². The highest BCUT2D eigenvalue weighted by molar-refractivity contribution is 4.95. The summed E-state index contributed by atoms with van der Waals surface area (Å²) >= 11 is 0. The minimum Gasteiger partial charge on any atom is -0.304 e. The van der Waals surface area contributed by atoms with Crippen LogP contribution in [-0.4, -0.2) is 12.6 Å². The van der Waals surface area contributed by atoms with Gasteiger partial charge in [-0.3, -0.25) is 0 Å². The zero-order valence-corrected chi connectivity index (χ0v) is 5.57. The van der Waals surface area contributed by atoms with Crippen LogP contribution in [0.4, 0.5) is 0 Å². The molecule has 0 bridgehead atoms. The van der Waals surface area contributed by atoms with E-state index in [2.05, 4.69) is 18.2 Å². The minimum atomic E-state index is 0.231.